The Kier molecular flexibility index (Phi) is 4.41. The van der Waals surface area contributed by atoms with Crippen molar-refractivity contribution in [3.8, 4) is 0 Å². The number of carbonyl (C=O) groups is 2. The summed E-state index contributed by atoms with van der Waals surface area (Å²) in [6.45, 7) is 2.56. The molecule has 1 unspecified atom stereocenters. The van der Waals surface area contributed by atoms with Crippen molar-refractivity contribution in [2.24, 2.45) is 5.73 Å². The maximum absolute atomic E-state index is 11.5. The van der Waals surface area contributed by atoms with Crippen LogP contribution < -0.4 is 5.73 Å². The fourth-order valence-electron chi connectivity index (χ4n) is 1.40. The van der Waals surface area contributed by atoms with Crippen LogP contribution in [0.15, 0.2) is 0 Å². The maximum Gasteiger partial charge on any atom is 0.246 e. The van der Waals surface area contributed by atoms with Crippen LogP contribution in [0.3, 0.4) is 0 Å². The zero-order chi connectivity index (χ0) is 10.6. The molecule has 0 saturated carbocycles. The third-order valence-electron chi connectivity index (χ3n) is 2.22. The summed E-state index contributed by atoms with van der Waals surface area (Å²) in [7, 11) is 0. The molecule has 4 nitrogen and oxygen atoms in total. The molecule has 0 spiro atoms. The Morgan fingerprint density at radius 2 is 2.29 bits per heavy atom. The molecule has 2 N–H and O–H groups in total. The van der Waals surface area contributed by atoms with Gasteiger partial charge in [-0.1, -0.05) is 6.92 Å². The minimum Gasteiger partial charge on any atom is -0.320 e. The van der Waals surface area contributed by atoms with Crippen LogP contribution in [0.2, 0.25) is 0 Å². The van der Waals surface area contributed by atoms with Crippen molar-refractivity contribution in [2.45, 2.75) is 25.8 Å². The predicted octanol–water partition coefficient (Wildman–Crippen LogP) is 0.216. The molecule has 0 aromatic rings. The normalized spacial score (nSPS) is 23.0. The summed E-state index contributed by atoms with van der Waals surface area (Å²) < 4.78 is 0. The molecule has 14 heavy (non-hydrogen) atoms. The zero-order valence-corrected chi connectivity index (χ0v) is 9.18. The Labute approximate surface area is 88.2 Å². The average Bonchev–Trinajstić information content (AvgIpc) is 2.18. The summed E-state index contributed by atoms with van der Waals surface area (Å²) in [6, 6.07) is -0.473. The first kappa shape index (κ1) is 11.5. The molecular weight excluding hydrogens is 200 g/mol. The molecular formula is C9H16N2O2S. The van der Waals surface area contributed by atoms with Crippen molar-refractivity contribution >= 4 is 23.6 Å². The highest BCUT2D eigenvalue weighted by molar-refractivity contribution is 7.99. The van der Waals surface area contributed by atoms with Crippen LogP contribution in [0.25, 0.3) is 0 Å². The van der Waals surface area contributed by atoms with E-state index in [1.165, 1.54) is 4.90 Å². The van der Waals surface area contributed by atoms with E-state index in [-0.39, 0.29) is 11.8 Å². The summed E-state index contributed by atoms with van der Waals surface area (Å²) in [5.41, 5.74) is 5.58. The third-order valence-corrected chi connectivity index (χ3v) is 3.10. The molecule has 1 aliphatic heterocycles. The summed E-state index contributed by atoms with van der Waals surface area (Å²) >= 11 is 1.72. The number of hydrogen-bond acceptors (Lipinski definition) is 4. The summed E-state index contributed by atoms with van der Waals surface area (Å²) in [5, 5.41) is 0. The maximum atomic E-state index is 11.5. The number of piperidine rings is 1. The molecule has 1 aliphatic rings. The molecule has 1 heterocycles. The first-order valence-corrected chi connectivity index (χ1v) is 5.99. The fraction of sp³-hybridized carbons (Fsp3) is 0.778. The van der Waals surface area contributed by atoms with E-state index in [1.54, 1.807) is 11.8 Å². The van der Waals surface area contributed by atoms with Crippen molar-refractivity contribution in [1.29, 1.82) is 0 Å². The molecule has 0 aliphatic carbocycles. The van der Waals surface area contributed by atoms with E-state index >= 15 is 0 Å². The van der Waals surface area contributed by atoms with Gasteiger partial charge in [-0.2, -0.15) is 11.8 Å². The average molecular weight is 216 g/mol. The van der Waals surface area contributed by atoms with Crippen molar-refractivity contribution in [1.82, 2.24) is 4.90 Å². The molecule has 2 amide bonds. The largest absolute Gasteiger partial charge is 0.320 e. The molecule has 0 aromatic heterocycles. The highest BCUT2D eigenvalue weighted by Gasteiger charge is 2.31. The monoisotopic (exact) mass is 216 g/mol. The second kappa shape index (κ2) is 5.36. The van der Waals surface area contributed by atoms with Crippen LogP contribution in [0.1, 0.15) is 19.8 Å². The van der Waals surface area contributed by atoms with Crippen LogP contribution in [-0.4, -0.2) is 40.8 Å². The van der Waals surface area contributed by atoms with Gasteiger partial charge in [-0.15, -0.1) is 0 Å². The summed E-state index contributed by atoms with van der Waals surface area (Å²) in [4.78, 5) is 24.2. The molecule has 0 aromatic carbocycles. The van der Waals surface area contributed by atoms with Crippen LogP contribution in [0, 0.1) is 0 Å². The smallest absolute Gasteiger partial charge is 0.246 e. The first-order valence-electron chi connectivity index (χ1n) is 4.84. The van der Waals surface area contributed by atoms with Gasteiger partial charge in [0, 0.05) is 18.7 Å². The minimum absolute atomic E-state index is 0.0756. The molecule has 80 valence electrons. The molecule has 1 atom stereocenters. The lowest BCUT2D eigenvalue weighted by Crippen LogP contribution is -2.51. The Morgan fingerprint density at radius 1 is 1.57 bits per heavy atom. The lowest BCUT2D eigenvalue weighted by Gasteiger charge is -2.28. The Balaban J connectivity index is 2.46. The quantitative estimate of drug-likeness (QED) is 0.539. The number of rotatable bonds is 4. The molecule has 5 heteroatoms. The first-order chi connectivity index (χ1) is 6.66. The number of nitrogens with zero attached hydrogens (tertiary/aromatic N) is 1. The van der Waals surface area contributed by atoms with Crippen LogP contribution in [-0.2, 0) is 9.59 Å². The van der Waals surface area contributed by atoms with Crippen molar-refractivity contribution in [3.63, 3.8) is 0 Å². The van der Waals surface area contributed by atoms with Crippen LogP contribution in [0.5, 0.6) is 0 Å². The van der Waals surface area contributed by atoms with Gasteiger partial charge < -0.3 is 5.73 Å². The molecule has 1 saturated heterocycles. The minimum atomic E-state index is -0.473. The molecule has 0 radical (unpaired) electrons. The molecule has 1 fully saturated rings. The van der Waals surface area contributed by atoms with Gasteiger partial charge in [-0.25, -0.2) is 0 Å². The van der Waals surface area contributed by atoms with Crippen molar-refractivity contribution in [3.05, 3.63) is 0 Å². The summed E-state index contributed by atoms with van der Waals surface area (Å²) in [6.07, 6.45) is 0.902. The number of imide groups is 1. The van der Waals surface area contributed by atoms with Gasteiger partial charge in [-0.05, 0) is 12.2 Å². The highest BCUT2D eigenvalue weighted by Crippen LogP contribution is 2.12. The SMILES string of the molecule is CCSCCN1C(=O)CCC(N)C1=O. The van der Waals surface area contributed by atoms with E-state index in [0.717, 1.165) is 11.5 Å². The van der Waals surface area contributed by atoms with Gasteiger partial charge in [0.25, 0.3) is 0 Å². The van der Waals surface area contributed by atoms with E-state index < -0.39 is 6.04 Å². The Hall–Kier alpha value is -0.550. The van der Waals surface area contributed by atoms with E-state index in [0.29, 0.717) is 19.4 Å². The zero-order valence-electron chi connectivity index (χ0n) is 8.36. The molecule has 1 rings (SSSR count). The van der Waals surface area contributed by atoms with Gasteiger partial charge in [0.15, 0.2) is 0 Å². The van der Waals surface area contributed by atoms with E-state index in [1.807, 2.05) is 0 Å². The standard InChI is InChI=1S/C9H16N2O2S/c1-2-14-6-5-11-8(12)4-3-7(10)9(11)13/h7H,2-6,10H2,1H3. The van der Waals surface area contributed by atoms with E-state index in [9.17, 15) is 9.59 Å². The van der Waals surface area contributed by atoms with Crippen molar-refractivity contribution < 1.29 is 9.59 Å². The van der Waals surface area contributed by atoms with Gasteiger partial charge >= 0.3 is 0 Å². The van der Waals surface area contributed by atoms with Crippen LogP contribution in [0.4, 0.5) is 0 Å². The molecule has 0 bridgehead atoms. The topological polar surface area (TPSA) is 63.4 Å². The Bertz CT molecular complexity index is 233. The van der Waals surface area contributed by atoms with Gasteiger partial charge in [0.2, 0.25) is 11.8 Å². The second-order valence-corrected chi connectivity index (χ2v) is 4.62. The lowest BCUT2D eigenvalue weighted by atomic mass is 10.1. The number of nitrogens with two attached hydrogens (primary N) is 1. The van der Waals surface area contributed by atoms with E-state index in [2.05, 4.69) is 6.92 Å². The number of thioether (sulfide) groups is 1. The second-order valence-electron chi connectivity index (χ2n) is 3.23. The number of carbonyl (C=O) groups excluding carboxylic acids is 2. The number of hydrogen-bond donors (Lipinski definition) is 1. The Morgan fingerprint density at radius 3 is 2.93 bits per heavy atom. The van der Waals surface area contributed by atoms with E-state index in [4.69, 9.17) is 5.73 Å². The van der Waals surface area contributed by atoms with Gasteiger partial charge in [-0.3, -0.25) is 14.5 Å². The summed E-state index contributed by atoms with van der Waals surface area (Å²) in [5.74, 6) is 1.52. The van der Waals surface area contributed by atoms with Crippen LogP contribution >= 0.6 is 11.8 Å². The van der Waals surface area contributed by atoms with Gasteiger partial charge in [0.05, 0.1) is 6.04 Å². The van der Waals surface area contributed by atoms with Gasteiger partial charge in [0.1, 0.15) is 0 Å². The highest BCUT2D eigenvalue weighted by atomic mass is 32.2. The lowest BCUT2D eigenvalue weighted by molar-refractivity contribution is -0.148. The number of amides is 2. The third kappa shape index (κ3) is 2.72. The fourth-order valence-corrected chi connectivity index (χ4v) is 2.00. The van der Waals surface area contributed by atoms with Crippen molar-refractivity contribution in [2.75, 3.05) is 18.1 Å². The number of likely N-dealkylation sites (tertiary alicyclic amines) is 1. The predicted molar refractivity (Wildman–Crippen MR) is 56.9 cm³/mol.